The lowest BCUT2D eigenvalue weighted by molar-refractivity contribution is 0.609. The van der Waals surface area contributed by atoms with Crippen LogP contribution in [-0.2, 0) is 9.05 Å². The Balaban J connectivity index is 2.69. The molecule has 0 fully saturated rings. The largest absolute Gasteiger partial charge is 0.263 e. The van der Waals surface area contributed by atoms with Gasteiger partial charge in [0.2, 0.25) is 0 Å². The molecule has 0 atom stereocenters. The summed E-state index contributed by atoms with van der Waals surface area (Å²) in [7, 11) is 1.38. The number of hydrogen-bond acceptors (Lipinski definition) is 3. The van der Waals surface area contributed by atoms with Crippen molar-refractivity contribution in [2.45, 2.75) is 4.90 Å². The van der Waals surface area contributed by atoms with E-state index in [2.05, 4.69) is 4.98 Å². The van der Waals surface area contributed by atoms with E-state index in [1.807, 2.05) is 0 Å². The van der Waals surface area contributed by atoms with Crippen LogP contribution >= 0.6 is 10.7 Å². The van der Waals surface area contributed by atoms with Gasteiger partial charge in [0.05, 0.1) is 0 Å². The molecule has 0 radical (unpaired) electrons. The summed E-state index contributed by atoms with van der Waals surface area (Å²) in [5, 5.41) is 0. The Morgan fingerprint density at radius 1 is 1.24 bits per heavy atom. The van der Waals surface area contributed by atoms with Gasteiger partial charge in [-0.3, -0.25) is 4.98 Å². The van der Waals surface area contributed by atoms with Gasteiger partial charge >= 0.3 is 0 Å². The summed E-state index contributed by atoms with van der Waals surface area (Å²) in [4.78, 5) is 3.57. The molecule has 0 aliphatic heterocycles. The van der Waals surface area contributed by atoms with Gasteiger partial charge in [-0.15, -0.1) is 0 Å². The highest BCUT2D eigenvalue weighted by Crippen LogP contribution is 2.28. The highest BCUT2D eigenvalue weighted by Gasteiger charge is 2.16. The lowest BCUT2D eigenvalue weighted by Crippen LogP contribution is -1.95. The summed E-state index contributed by atoms with van der Waals surface area (Å²) in [5.41, 5.74) is 0.765. The van der Waals surface area contributed by atoms with Gasteiger partial charge in [-0.2, -0.15) is 0 Å². The predicted octanol–water partition coefficient (Wildman–Crippen LogP) is 2.82. The highest BCUT2D eigenvalue weighted by molar-refractivity contribution is 8.13. The van der Waals surface area contributed by atoms with Crippen molar-refractivity contribution in [2.24, 2.45) is 0 Å². The minimum absolute atomic E-state index is 0.132. The lowest BCUT2D eigenvalue weighted by atomic mass is 10.1. The second-order valence-electron chi connectivity index (χ2n) is 3.32. The van der Waals surface area contributed by atoms with E-state index in [0.717, 1.165) is 6.20 Å². The second-order valence-corrected chi connectivity index (χ2v) is 5.85. The van der Waals surface area contributed by atoms with Crippen molar-refractivity contribution >= 4 is 19.7 Å². The van der Waals surface area contributed by atoms with Crippen molar-refractivity contribution in [1.29, 1.82) is 0 Å². The molecule has 3 nitrogen and oxygen atoms in total. The molecule has 0 N–H and O–H groups in total. The molecule has 0 bridgehead atoms. The standard InChI is InChI=1S/C11H7ClFNO2S/c12-17(15,16)11-7-14-5-4-10(11)8-2-1-3-9(13)6-8/h1-7H. The normalized spacial score (nSPS) is 11.4. The molecule has 88 valence electrons. The molecule has 1 heterocycles. The van der Waals surface area contributed by atoms with Gasteiger partial charge in [0.15, 0.2) is 0 Å². The Morgan fingerprint density at radius 3 is 2.65 bits per heavy atom. The fraction of sp³-hybridized carbons (Fsp3) is 0. The van der Waals surface area contributed by atoms with Crippen molar-refractivity contribution in [2.75, 3.05) is 0 Å². The first-order valence-electron chi connectivity index (χ1n) is 4.63. The molecule has 0 aliphatic rings. The molecule has 1 aromatic carbocycles. The number of hydrogen-bond donors (Lipinski definition) is 0. The van der Waals surface area contributed by atoms with E-state index in [0.29, 0.717) is 11.1 Å². The predicted molar refractivity (Wildman–Crippen MR) is 62.7 cm³/mol. The average Bonchev–Trinajstić information content (AvgIpc) is 2.28. The molecule has 0 unspecified atom stereocenters. The van der Waals surface area contributed by atoms with E-state index in [1.165, 1.54) is 30.5 Å². The first-order chi connectivity index (χ1) is 7.98. The van der Waals surface area contributed by atoms with Crippen molar-refractivity contribution in [3.8, 4) is 11.1 Å². The summed E-state index contributed by atoms with van der Waals surface area (Å²) in [6.07, 6.45) is 2.56. The van der Waals surface area contributed by atoms with Gasteiger partial charge in [-0.25, -0.2) is 12.8 Å². The lowest BCUT2D eigenvalue weighted by Gasteiger charge is -2.06. The van der Waals surface area contributed by atoms with Gasteiger partial charge in [0.25, 0.3) is 9.05 Å². The maximum absolute atomic E-state index is 13.1. The van der Waals surface area contributed by atoms with Crippen LogP contribution < -0.4 is 0 Å². The molecule has 1 aromatic heterocycles. The zero-order chi connectivity index (χ0) is 12.5. The van der Waals surface area contributed by atoms with Crippen LogP contribution in [0.5, 0.6) is 0 Å². The van der Waals surface area contributed by atoms with Crippen molar-refractivity contribution in [3.63, 3.8) is 0 Å². The minimum atomic E-state index is -3.91. The third-order valence-corrected chi connectivity index (χ3v) is 3.53. The van der Waals surface area contributed by atoms with E-state index in [1.54, 1.807) is 6.07 Å². The molecule has 0 saturated carbocycles. The molecular formula is C11H7ClFNO2S. The molecule has 2 rings (SSSR count). The van der Waals surface area contributed by atoms with Crippen LogP contribution in [0.25, 0.3) is 11.1 Å². The molecule has 2 aromatic rings. The summed E-state index contributed by atoms with van der Waals surface area (Å²) < 4.78 is 35.8. The number of benzene rings is 1. The quantitative estimate of drug-likeness (QED) is 0.789. The molecule has 0 aliphatic carbocycles. The van der Waals surface area contributed by atoms with Crippen molar-refractivity contribution in [1.82, 2.24) is 4.98 Å². The maximum atomic E-state index is 13.1. The summed E-state index contributed by atoms with van der Waals surface area (Å²) in [6, 6.07) is 7.09. The van der Waals surface area contributed by atoms with Gasteiger partial charge < -0.3 is 0 Å². The Hall–Kier alpha value is -1.46. The Morgan fingerprint density at radius 2 is 2.00 bits per heavy atom. The highest BCUT2D eigenvalue weighted by atomic mass is 35.7. The Labute approximate surface area is 102 Å². The minimum Gasteiger partial charge on any atom is -0.263 e. The maximum Gasteiger partial charge on any atom is 0.263 e. The van der Waals surface area contributed by atoms with Crippen LogP contribution in [0.1, 0.15) is 0 Å². The first-order valence-corrected chi connectivity index (χ1v) is 6.94. The number of pyridine rings is 1. The van der Waals surface area contributed by atoms with Gasteiger partial charge in [-0.05, 0) is 23.8 Å². The third kappa shape index (κ3) is 2.62. The molecule has 6 heteroatoms. The fourth-order valence-corrected chi connectivity index (χ4v) is 2.47. The van der Waals surface area contributed by atoms with Gasteiger partial charge in [-0.1, -0.05) is 12.1 Å². The molecule has 0 amide bonds. The van der Waals surface area contributed by atoms with Crippen LogP contribution in [0.3, 0.4) is 0 Å². The second kappa shape index (κ2) is 4.43. The molecule has 0 saturated heterocycles. The van der Waals surface area contributed by atoms with E-state index >= 15 is 0 Å². The number of rotatable bonds is 2. The van der Waals surface area contributed by atoms with Crippen LogP contribution in [0.2, 0.25) is 0 Å². The SMILES string of the molecule is O=S(=O)(Cl)c1cnccc1-c1cccc(F)c1. The Kier molecular flexibility index (Phi) is 3.13. The Bertz CT molecular complexity index is 658. The molecule has 17 heavy (non-hydrogen) atoms. The van der Waals surface area contributed by atoms with Crippen LogP contribution in [-0.4, -0.2) is 13.4 Å². The van der Waals surface area contributed by atoms with Crippen LogP contribution in [0.15, 0.2) is 47.6 Å². The third-order valence-electron chi connectivity index (χ3n) is 2.18. The van der Waals surface area contributed by atoms with Crippen LogP contribution in [0.4, 0.5) is 4.39 Å². The average molecular weight is 272 g/mol. The summed E-state index contributed by atoms with van der Waals surface area (Å²) in [6.45, 7) is 0. The van der Waals surface area contributed by atoms with Gasteiger partial charge in [0, 0.05) is 28.6 Å². The zero-order valence-electron chi connectivity index (χ0n) is 8.47. The molecular weight excluding hydrogens is 265 g/mol. The smallest absolute Gasteiger partial charge is 0.263 e. The number of aromatic nitrogens is 1. The number of nitrogens with zero attached hydrogens (tertiary/aromatic N) is 1. The monoisotopic (exact) mass is 271 g/mol. The van der Waals surface area contributed by atoms with E-state index in [9.17, 15) is 12.8 Å². The summed E-state index contributed by atoms with van der Waals surface area (Å²) in [5.74, 6) is -0.447. The fourth-order valence-electron chi connectivity index (χ4n) is 1.47. The van der Waals surface area contributed by atoms with Crippen molar-refractivity contribution in [3.05, 3.63) is 48.5 Å². The van der Waals surface area contributed by atoms with Gasteiger partial charge in [0.1, 0.15) is 10.7 Å². The van der Waals surface area contributed by atoms with Crippen LogP contribution in [0, 0.1) is 5.82 Å². The van der Waals surface area contributed by atoms with E-state index < -0.39 is 14.9 Å². The first kappa shape index (κ1) is 12.0. The topological polar surface area (TPSA) is 47.0 Å². The van der Waals surface area contributed by atoms with Crippen molar-refractivity contribution < 1.29 is 12.8 Å². The number of halogens is 2. The van der Waals surface area contributed by atoms with E-state index in [4.69, 9.17) is 10.7 Å². The van der Waals surface area contributed by atoms with E-state index in [-0.39, 0.29) is 4.90 Å². The zero-order valence-corrected chi connectivity index (χ0v) is 10.0. The summed E-state index contributed by atoms with van der Waals surface area (Å²) >= 11 is 0. The molecule has 0 spiro atoms.